The van der Waals surface area contributed by atoms with Crippen molar-refractivity contribution < 1.29 is 14.7 Å². The molecule has 0 spiro atoms. The zero-order valence-electron chi connectivity index (χ0n) is 12.9. The summed E-state index contributed by atoms with van der Waals surface area (Å²) in [7, 11) is 0. The van der Waals surface area contributed by atoms with Gasteiger partial charge in [-0.3, -0.25) is 9.59 Å². The number of carbonyl (C=O) groups excluding carboxylic acids is 2. The van der Waals surface area contributed by atoms with Crippen LogP contribution in [0.4, 0.5) is 5.69 Å². The molecule has 0 saturated heterocycles. The third kappa shape index (κ3) is 6.40. The molecule has 0 radical (unpaired) electrons. The summed E-state index contributed by atoms with van der Waals surface area (Å²) in [5.74, 6) is -0.206. The van der Waals surface area contributed by atoms with Crippen molar-refractivity contribution in [1.29, 1.82) is 0 Å². The second-order valence-electron chi connectivity index (χ2n) is 5.97. The average molecular weight is 292 g/mol. The first kappa shape index (κ1) is 17.2. The van der Waals surface area contributed by atoms with Crippen molar-refractivity contribution in [1.82, 2.24) is 5.32 Å². The summed E-state index contributed by atoms with van der Waals surface area (Å²) in [6, 6.07) is 7.34. The predicted octanol–water partition coefficient (Wildman–Crippen LogP) is 1.71. The lowest BCUT2D eigenvalue weighted by Gasteiger charge is -2.17. The first-order valence-electron chi connectivity index (χ1n) is 7.11. The van der Waals surface area contributed by atoms with E-state index in [0.29, 0.717) is 18.7 Å². The van der Waals surface area contributed by atoms with Gasteiger partial charge in [-0.1, -0.05) is 32.9 Å². The number of benzene rings is 1. The van der Waals surface area contributed by atoms with Crippen LogP contribution in [0.15, 0.2) is 24.3 Å². The Balaban J connectivity index is 2.35. The Morgan fingerprint density at radius 1 is 1.14 bits per heavy atom. The molecule has 0 aliphatic carbocycles. The summed E-state index contributed by atoms with van der Waals surface area (Å²) in [4.78, 5) is 23.4. The minimum absolute atomic E-state index is 0.0661. The zero-order valence-corrected chi connectivity index (χ0v) is 12.9. The summed E-state index contributed by atoms with van der Waals surface area (Å²) >= 11 is 0. The van der Waals surface area contributed by atoms with E-state index in [-0.39, 0.29) is 24.8 Å². The minimum Gasteiger partial charge on any atom is -0.396 e. The van der Waals surface area contributed by atoms with Crippen LogP contribution in [0.3, 0.4) is 0 Å². The summed E-state index contributed by atoms with van der Waals surface area (Å²) < 4.78 is 0. The molecule has 0 atom stereocenters. The van der Waals surface area contributed by atoms with E-state index in [1.165, 1.54) is 0 Å². The van der Waals surface area contributed by atoms with Crippen molar-refractivity contribution in [2.75, 3.05) is 18.5 Å². The van der Waals surface area contributed by atoms with Crippen molar-refractivity contribution >= 4 is 17.5 Å². The topological polar surface area (TPSA) is 78.4 Å². The van der Waals surface area contributed by atoms with Gasteiger partial charge in [0.2, 0.25) is 11.8 Å². The molecule has 0 heterocycles. The predicted molar refractivity (Wildman–Crippen MR) is 82.9 cm³/mol. The van der Waals surface area contributed by atoms with Crippen LogP contribution in [0.25, 0.3) is 0 Å². The summed E-state index contributed by atoms with van der Waals surface area (Å²) in [6.45, 7) is 5.92. The monoisotopic (exact) mass is 292 g/mol. The highest BCUT2D eigenvalue weighted by atomic mass is 16.3. The van der Waals surface area contributed by atoms with Gasteiger partial charge in [-0.2, -0.15) is 0 Å². The quantitative estimate of drug-likeness (QED) is 0.747. The van der Waals surface area contributed by atoms with E-state index in [4.69, 9.17) is 5.11 Å². The van der Waals surface area contributed by atoms with E-state index in [9.17, 15) is 9.59 Å². The number of rotatable bonds is 6. The molecule has 0 aliphatic heterocycles. The lowest BCUT2D eigenvalue weighted by Crippen LogP contribution is -2.36. The minimum atomic E-state index is -0.445. The Labute approximate surface area is 125 Å². The molecule has 1 rings (SSSR count). The van der Waals surface area contributed by atoms with Gasteiger partial charge in [0.15, 0.2) is 0 Å². The van der Waals surface area contributed by atoms with E-state index in [0.717, 1.165) is 5.56 Å². The van der Waals surface area contributed by atoms with E-state index < -0.39 is 5.41 Å². The summed E-state index contributed by atoms with van der Waals surface area (Å²) in [6.07, 6.45) is 0.841. The summed E-state index contributed by atoms with van der Waals surface area (Å²) in [5.41, 5.74) is 1.29. The van der Waals surface area contributed by atoms with Gasteiger partial charge in [-0.25, -0.2) is 0 Å². The SMILES string of the molecule is CC(C)(C)C(=O)NCCC(=O)Nc1ccc(CCO)cc1. The molecule has 21 heavy (non-hydrogen) atoms. The van der Waals surface area contributed by atoms with Gasteiger partial charge in [-0.05, 0) is 24.1 Å². The highest BCUT2D eigenvalue weighted by molar-refractivity contribution is 5.91. The van der Waals surface area contributed by atoms with Gasteiger partial charge in [0, 0.05) is 30.7 Å². The maximum Gasteiger partial charge on any atom is 0.226 e. The number of anilines is 1. The Hall–Kier alpha value is -1.88. The first-order valence-corrected chi connectivity index (χ1v) is 7.11. The van der Waals surface area contributed by atoms with Crippen LogP contribution < -0.4 is 10.6 Å². The van der Waals surface area contributed by atoms with Gasteiger partial charge < -0.3 is 15.7 Å². The van der Waals surface area contributed by atoms with Crippen LogP contribution in [0.2, 0.25) is 0 Å². The van der Waals surface area contributed by atoms with Gasteiger partial charge in [-0.15, -0.1) is 0 Å². The van der Waals surface area contributed by atoms with E-state index in [2.05, 4.69) is 10.6 Å². The molecule has 5 nitrogen and oxygen atoms in total. The van der Waals surface area contributed by atoms with Crippen LogP contribution in [-0.2, 0) is 16.0 Å². The molecule has 1 aromatic carbocycles. The Kier molecular flexibility index (Phi) is 6.37. The Morgan fingerprint density at radius 3 is 2.29 bits per heavy atom. The van der Waals surface area contributed by atoms with Crippen molar-refractivity contribution in [3.05, 3.63) is 29.8 Å². The molecule has 0 unspecified atom stereocenters. The number of aliphatic hydroxyl groups excluding tert-OH is 1. The molecule has 0 aliphatic rings. The number of amides is 2. The zero-order chi connectivity index (χ0) is 15.9. The molecule has 5 heteroatoms. The molecule has 0 bridgehead atoms. The van der Waals surface area contributed by atoms with Gasteiger partial charge >= 0.3 is 0 Å². The lowest BCUT2D eigenvalue weighted by molar-refractivity contribution is -0.128. The van der Waals surface area contributed by atoms with Crippen LogP contribution >= 0.6 is 0 Å². The highest BCUT2D eigenvalue weighted by Gasteiger charge is 2.20. The number of nitrogens with one attached hydrogen (secondary N) is 2. The third-order valence-electron chi connectivity index (χ3n) is 2.96. The molecule has 0 aromatic heterocycles. The standard InChI is InChI=1S/C16H24N2O3/c1-16(2,3)15(21)17-10-8-14(20)18-13-6-4-12(5-7-13)9-11-19/h4-7,19H,8-11H2,1-3H3,(H,17,21)(H,18,20). The maximum absolute atomic E-state index is 11.8. The van der Waals surface area contributed by atoms with Gasteiger partial charge in [0.25, 0.3) is 0 Å². The van der Waals surface area contributed by atoms with Crippen LogP contribution in [0.5, 0.6) is 0 Å². The normalized spacial score (nSPS) is 11.0. The summed E-state index contributed by atoms with van der Waals surface area (Å²) in [5, 5.41) is 14.3. The fraction of sp³-hybridized carbons (Fsp3) is 0.500. The van der Waals surface area contributed by atoms with Crippen LogP contribution in [0, 0.1) is 5.41 Å². The molecule has 116 valence electrons. The van der Waals surface area contributed by atoms with Crippen molar-refractivity contribution in [3.63, 3.8) is 0 Å². The fourth-order valence-electron chi connectivity index (χ4n) is 1.66. The fourth-order valence-corrected chi connectivity index (χ4v) is 1.66. The molecular formula is C16H24N2O3. The van der Waals surface area contributed by atoms with Gasteiger partial charge in [0.1, 0.15) is 0 Å². The second kappa shape index (κ2) is 7.78. The van der Waals surface area contributed by atoms with Crippen molar-refractivity contribution in [2.45, 2.75) is 33.6 Å². The maximum atomic E-state index is 11.8. The van der Waals surface area contributed by atoms with Crippen molar-refractivity contribution in [3.8, 4) is 0 Å². The average Bonchev–Trinajstić information content (AvgIpc) is 2.40. The van der Waals surface area contributed by atoms with Crippen LogP contribution in [-0.4, -0.2) is 30.1 Å². The van der Waals surface area contributed by atoms with Crippen LogP contribution in [0.1, 0.15) is 32.8 Å². The molecule has 0 fully saturated rings. The number of aliphatic hydroxyl groups is 1. The van der Waals surface area contributed by atoms with Gasteiger partial charge in [0.05, 0.1) is 0 Å². The second-order valence-corrected chi connectivity index (χ2v) is 5.97. The lowest BCUT2D eigenvalue weighted by atomic mass is 9.96. The van der Waals surface area contributed by atoms with E-state index >= 15 is 0 Å². The number of carbonyl (C=O) groups is 2. The van der Waals surface area contributed by atoms with E-state index in [1.807, 2.05) is 32.9 Å². The number of hydrogen-bond donors (Lipinski definition) is 3. The molecule has 2 amide bonds. The smallest absolute Gasteiger partial charge is 0.226 e. The molecule has 0 saturated carbocycles. The molecule has 3 N–H and O–H groups in total. The Morgan fingerprint density at radius 2 is 1.76 bits per heavy atom. The third-order valence-corrected chi connectivity index (χ3v) is 2.96. The Bertz CT molecular complexity index is 475. The molecule has 1 aromatic rings. The first-order chi connectivity index (χ1) is 9.82. The number of hydrogen-bond acceptors (Lipinski definition) is 3. The molecular weight excluding hydrogens is 268 g/mol. The largest absolute Gasteiger partial charge is 0.396 e. The van der Waals surface area contributed by atoms with E-state index in [1.54, 1.807) is 12.1 Å². The highest BCUT2D eigenvalue weighted by Crippen LogP contribution is 2.12. The van der Waals surface area contributed by atoms with Crippen molar-refractivity contribution in [2.24, 2.45) is 5.41 Å².